The van der Waals surface area contributed by atoms with Crippen LogP contribution in [-0.2, 0) is 0 Å². The number of para-hydroxylation sites is 2. The Morgan fingerprint density at radius 3 is 2.62 bits per heavy atom. The minimum absolute atomic E-state index is 0.0316. The third-order valence-corrected chi connectivity index (χ3v) is 2.48. The second-order valence-electron chi connectivity index (χ2n) is 3.90. The van der Waals surface area contributed by atoms with E-state index < -0.39 is 12.1 Å². The number of pyridine rings is 1. The molecule has 21 heavy (non-hydrogen) atoms. The number of nitrogen functional groups attached to an aromatic ring is 1. The van der Waals surface area contributed by atoms with Crippen LogP contribution in [0.2, 0.25) is 0 Å². The zero-order valence-electron chi connectivity index (χ0n) is 10.5. The van der Waals surface area contributed by atoms with Gasteiger partial charge < -0.3 is 15.8 Å². The molecule has 2 rings (SSSR count). The number of aromatic nitrogens is 1. The van der Waals surface area contributed by atoms with Gasteiger partial charge in [-0.3, -0.25) is 0 Å². The number of hydrogen-bond donors (Lipinski definition) is 2. The summed E-state index contributed by atoms with van der Waals surface area (Å²) in [6, 6.07) is 8.71. The summed E-state index contributed by atoms with van der Waals surface area (Å²) in [7, 11) is 0. The van der Waals surface area contributed by atoms with Crippen LogP contribution in [0.5, 0.6) is 5.75 Å². The van der Waals surface area contributed by atoms with Crippen molar-refractivity contribution in [2.75, 3.05) is 11.1 Å². The molecule has 0 radical (unpaired) electrons. The first kappa shape index (κ1) is 14.5. The van der Waals surface area contributed by atoms with Crippen LogP contribution in [0.1, 0.15) is 5.56 Å². The highest BCUT2D eigenvalue weighted by Gasteiger charge is 2.32. The molecule has 0 aliphatic heterocycles. The molecule has 2 aromatic rings. The third kappa shape index (κ3) is 3.54. The highest BCUT2D eigenvalue weighted by molar-refractivity contribution is 5.75. The van der Waals surface area contributed by atoms with Gasteiger partial charge in [0.05, 0.1) is 16.9 Å². The molecule has 108 valence electrons. The fourth-order valence-corrected chi connectivity index (χ4v) is 1.58. The smallest absolute Gasteiger partial charge is 0.404 e. The van der Waals surface area contributed by atoms with E-state index in [4.69, 9.17) is 11.0 Å². The van der Waals surface area contributed by atoms with Crippen LogP contribution < -0.4 is 15.8 Å². The molecule has 5 nitrogen and oxygen atoms in total. The van der Waals surface area contributed by atoms with Crippen LogP contribution in [0.3, 0.4) is 0 Å². The normalized spacial score (nSPS) is 10.8. The molecule has 0 spiro atoms. The van der Waals surface area contributed by atoms with Crippen molar-refractivity contribution in [1.29, 1.82) is 5.26 Å². The topological polar surface area (TPSA) is 84.0 Å². The van der Waals surface area contributed by atoms with Crippen LogP contribution in [0, 0.1) is 11.3 Å². The minimum atomic E-state index is -4.81. The number of alkyl halides is 3. The second kappa shape index (κ2) is 5.58. The van der Waals surface area contributed by atoms with E-state index in [1.807, 2.05) is 6.07 Å². The monoisotopic (exact) mass is 294 g/mol. The summed E-state index contributed by atoms with van der Waals surface area (Å²) >= 11 is 0. The van der Waals surface area contributed by atoms with E-state index >= 15 is 0 Å². The Morgan fingerprint density at radius 1 is 1.24 bits per heavy atom. The summed E-state index contributed by atoms with van der Waals surface area (Å²) in [6.45, 7) is 0. The van der Waals surface area contributed by atoms with Gasteiger partial charge in [-0.1, -0.05) is 12.1 Å². The van der Waals surface area contributed by atoms with Gasteiger partial charge in [0, 0.05) is 6.20 Å². The van der Waals surface area contributed by atoms with Crippen molar-refractivity contribution in [2.24, 2.45) is 0 Å². The summed E-state index contributed by atoms with van der Waals surface area (Å²) < 4.78 is 40.9. The maximum absolute atomic E-state index is 12.3. The molecule has 0 saturated heterocycles. The van der Waals surface area contributed by atoms with Crippen molar-refractivity contribution >= 4 is 17.2 Å². The van der Waals surface area contributed by atoms with Crippen LogP contribution in [-0.4, -0.2) is 11.3 Å². The average molecular weight is 294 g/mol. The molecular formula is C13H9F3N4O. The van der Waals surface area contributed by atoms with Gasteiger partial charge in [-0.15, -0.1) is 13.2 Å². The summed E-state index contributed by atoms with van der Waals surface area (Å²) in [4.78, 5) is 3.90. The summed E-state index contributed by atoms with van der Waals surface area (Å²) in [6.07, 6.45) is -3.49. The molecule has 3 N–H and O–H groups in total. The standard InChI is InChI=1S/C13H9F3N4O/c14-13(15,16)21-10-4-2-1-3-9(10)20-12-11(18)8(7-17)5-6-19-12/h1-6H,18H2,(H,19,20). The van der Waals surface area contributed by atoms with Gasteiger partial charge in [-0.05, 0) is 18.2 Å². The predicted molar refractivity (Wildman–Crippen MR) is 69.8 cm³/mol. The third-order valence-electron chi connectivity index (χ3n) is 2.48. The molecule has 0 amide bonds. The van der Waals surface area contributed by atoms with Crippen LogP contribution in [0.4, 0.5) is 30.4 Å². The lowest BCUT2D eigenvalue weighted by molar-refractivity contribution is -0.274. The van der Waals surface area contributed by atoms with Crippen molar-refractivity contribution in [3.63, 3.8) is 0 Å². The van der Waals surface area contributed by atoms with Gasteiger partial charge in [0.2, 0.25) is 0 Å². The van der Waals surface area contributed by atoms with Gasteiger partial charge in [0.25, 0.3) is 0 Å². The van der Waals surface area contributed by atoms with Gasteiger partial charge >= 0.3 is 6.36 Å². The number of hydrogen-bond acceptors (Lipinski definition) is 5. The maximum atomic E-state index is 12.3. The van der Waals surface area contributed by atoms with E-state index in [2.05, 4.69) is 15.0 Å². The summed E-state index contributed by atoms with van der Waals surface area (Å²) in [5.41, 5.74) is 5.95. The van der Waals surface area contributed by atoms with Gasteiger partial charge in [-0.25, -0.2) is 4.98 Å². The number of nitrogens with two attached hydrogens (primary N) is 1. The Labute approximate surface area is 117 Å². The van der Waals surface area contributed by atoms with Gasteiger partial charge in [-0.2, -0.15) is 5.26 Å². The molecule has 0 bridgehead atoms. The zero-order chi connectivity index (χ0) is 15.5. The minimum Gasteiger partial charge on any atom is -0.404 e. The van der Waals surface area contributed by atoms with Crippen LogP contribution in [0.25, 0.3) is 0 Å². The van der Waals surface area contributed by atoms with Crippen molar-refractivity contribution in [2.45, 2.75) is 6.36 Å². The highest BCUT2D eigenvalue weighted by Crippen LogP contribution is 2.33. The number of ether oxygens (including phenoxy) is 1. The summed E-state index contributed by atoms with van der Waals surface area (Å²) in [5, 5.41) is 11.5. The Hall–Kier alpha value is -2.95. The van der Waals surface area contributed by atoms with E-state index in [0.29, 0.717) is 0 Å². The van der Waals surface area contributed by atoms with E-state index in [1.165, 1.54) is 30.5 Å². The average Bonchev–Trinajstić information content (AvgIpc) is 2.41. The molecular weight excluding hydrogens is 285 g/mol. The number of nitrogens with zero attached hydrogens (tertiary/aromatic N) is 2. The Balaban J connectivity index is 2.35. The number of nitriles is 1. The molecule has 1 aromatic carbocycles. The number of anilines is 3. The van der Waals surface area contributed by atoms with Gasteiger partial charge in [0.15, 0.2) is 11.6 Å². The molecule has 0 saturated carbocycles. The molecule has 8 heteroatoms. The molecule has 0 aliphatic carbocycles. The van der Waals surface area contributed by atoms with Gasteiger partial charge in [0.1, 0.15) is 6.07 Å². The van der Waals surface area contributed by atoms with Crippen molar-refractivity contribution < 1.29 is 17.9 Å². The summed E-state index contributed by atoms with van der Waals surface area (Å²) in [5.74, 6) is -0.346. The first-order chi connectivity index (χ1) is 9.90. The van der Waals surface area contributed by atoms with E-state index in [-0.39, 0.29) is 22.8 Å². The fraction of sp³-hybridized carbons (Fsp3) is 0.0769. The van der Waals surface area contributed by atoms with Crippen molar-refractivity contribution in [3.05, 3.63) is 42.1 Å². The SMILES string of the molecule is N#Cc1ccnc(Nc2ccccc2OC(F)(F)F)c1N. The number of nitrogens with one attached hydrogen (secondary N) is 1. The van der Waals surface area contributed by atoms with E-state index in [1.54, 1.807) is 0 Å². The number of halogens is 3. The van der Waals surface area contributed by atoms with Crippen LogP contribution in [0.15, 0.2) is 36.5 Å². The molecule has 0 unspecified atom stereocenters. The molecule has 0 atom stereocenters. The molecule has 1 aromatic heterocycles. The quantitative estimate of drug-likeness (QED) is 0.908. The zero-order valence-corrected chi connectivity index (χ0v) is 10.5. The molecule has 0 fully saturated rings. The second-order valence-corrected chi connectivity index (χ2v) is 3.90. The van der Waals surface area contributed by atoms with E-state index in [9.17, 15) is 13.2 Å². The largest absolute Gasteiger partial charge is 0.573 e. The van der Waals surface area contributed by atoms with Crippen molar-refractivity contribution in [1.82, 2.24) is 4.98 Å². The first-order valence-corrected chi connectivity index (χ1v) is 5.67. The first-order valence-electron chi connectivity index (χ1n) is 5.67. The number of rotatable bonds is 3. The molecule has 1 heterocycles. The Morgan fingerprint density at radius 2 is 1.95 bits per heavy atom. The lowest BCUT2D eigenvalue weighted by Crippen LogP contribution is -2.18. The fourth-order valence-electron chi connectivity index (χ4n) is 1.58. The molecule has 0 aliphatic rings. The van der Waals surface area contributed by atoms with Crippen molar-refractivity contribution in [3.8, 4) is 11.8 Å². The predicted octanol–water partition coefficient (Wildman–Crippen LogP) is 3.18. The maximum Gasteiger partial charge on any atom is 0.573 e. The number of benzene rings is 1. The van der Waals surface area contributed by atoms with E-state index in [0.717, 1.165) is 6.07 Å². The van der Waals surface area contributed by atoms with Crippen LogP contribution >= 0.6 is 0 Å². The Bertz CT molecular complexity index is 695. The lowest BCUT2D eigenvalue weighted by atomic mass is 10.2. The Kier molecular flexibility index (Phi) is 3.84. The highest BCUT2D eigenvalue weighted by atomic mass is 19.4. The lowest BCUT2D eigenvalue weighted by Gasteiger charge is -2.15.